The Labute approximate surface area is 154 Å². The molecule has 1 aliphatic carbocycles. The van der Waals surface area contributed by atoms with Gasteiger partial charge in [-0.15, -0.1) is 0 Å². The zero-order chi connectivity index (χ0) is 18.5. The fourth-order valence-corrected chi connectivity index (χ4v) is 4.02. The normalized spacial score (nSPS) is 22.9. The number of aliphatic hydroxyl groups is 1. The van der Waals surface area contributed by atoms with Crippen molar-refractivity contribution in [1.29, 1.82) is 0 Å². The van der Waals surface area contributed by atoms with Crippen LogP contribution in [0.5, 0.6) is 0 Å². The van der Waals surface area contributed by atoms with Crippen LogP contribution in [0.1, 0.15) is 48.0 Å². The van der Waals surface area contributed by atoms with Crippen LogP contribution >= 0.6 is 0 Å². The highest BCUT2D eigenvalue weighted by Crippen LogP contribution is 2.24. The van der Waals surface area contributed by atoms with Crippen molar-refractivity contribution < 1.29 is 19.4 Å². The SMILES string of the molecule is COC(=O)c1ccc(CN2CC(=O)N(C3CCCCC3)CC(O)C2)cc1. The molecule has 3 rings (SSSR count). The lowest BCUT2D eigenvalue weighted by Gasteiger charge is -2.34. The van der Waals surface area contributed by atoms with E-state index in [9.17, 15) is 14.7 Å². The Morgan fingerprint density at radius 2 is 1.85 bits per heavy atom. The van der Waals surface area contributed by atoms with Gasteiger partial charge in [-0.2, -0.15) is 0 Å². The van der Waals surface area contributed by atoms with Gasteiger partial charge in [0, 0.05) is 25.7 Å². The molecule has 1 saturated carbocycles. The predicted octanol–water partition coefficient (Wildman–Crippen LogP) is 1.81. The van der Waals surface area contributed by atoms with Gasteiger partial charge in [0.1, 0.15) is 0 Å². The fourth-order valence-electron chi connectivity index (χ4n) is 4.02. The second kappa shape index (κ2) is 8.64. The molecule has 1 unspecified atom stereocenters. The van der Waals surface area contributed by atoms with Gasteiger partial charge in [-0.3, -0.25) is 9.69 Å². The number of hydrogen-bond donors (Lipinski definition) is 1. The van der Waals surface area contributed by atoms with Crippen LogP contribution in [-0.4, -0.2) is 65.7 Å². The number of nitrogens with zero attached hydrogens (tertiary/aromatic N) is 2. The molecule has 1 aliphatic heterocycles. The van der Waals surface area contributed by atoms with Crippen molar-refractivity contribution in [2.45, 2.75) is 50.8 Å². The zero-order valence-corrected chi connectivity index (χ0v) is 15.4. The van der Waals surface area contributed by atoms with Crippen molar-refractivity contribution in [1.82, 2.24) is 9.80 Å². The topological polar surface area (TPSA) is 70.1 Å². The molecule has 0 radical (unpaired) electrons. The Balaban J connectivity index is 1.63. The van der Waals surface area contributed by atoms with Crippen molar-refractivity contribution in [2.75, 3.05) is 26.7 Å². The maximum absolute atomic E-state index is 12.8. The van der Waals surface area contributed by atoms with Crippen LogP contribution in [0.15, 0.2) is 24.3 Å². The summed E-state index contributed by atoms with van der Waals surface area (Å²) in [6.07, 6.45) is 5.15. The van der Waals surface area contributed by atoms with Crippen LogP contribution in [0.4, 0.5) is 0 Å². The highest BCUT2D eigenvalue weighted by atomic mass is 16.5. The third kappa shape index (κ3) is 4.62. The Morgan fingerprint density at radius 1 is 1.15 bits per heavy atom. The van der Waals surface area contributed by atoms with E-state index in [1.54, 1.807) is 12.1 Å². The number of methoxy groups -OCH3 is 1. The number of β-amino-alcohol motifs (C(OH)–C–C–N with tert-alkyl or cyclic N) is 1. The summed E-state index contributed by atoms with van der Waals surface area (Å²) in [6, 6.07) is 7.47. The van der Waals surface area contributed by atoms with Gasteiger partial charge >= 0.3 is 5.97 Å². The van der Waals surface area contributed by atoms with E-state index in [0.29, 0.717) is 31.7 Å². The number of carbonyl (C=O) groups excluding carboxylic acids is 2. The lowest BCUT2D eigenvalue weighted by molar-refractivity contribution is -0.134. The quantitative estimate of drug-likeness (QED) is 0.830. The van der Waals surface area contributed by atoms with Gasteiger partial charge in [0.25, 0.3) is 0 Å². The number of benzene rings is 1. The summed E-state index contributed by atoms with van der Waals surface area (Å²) in [4.78, 5) is 28.2. The van der Waals surface area contributed by atoms with E-state index in [-0.39, 0.29) is 17.9 Å². The smallest absolute Gasteiger partial charge is 0.337 e. The summed E-state index contributed by atoms with van der Waals surface area (Å²) in [5.74, 6) is -0.250. The number of carbonyl (C=O) groups is 2. The van der Waals surface area contributed by atoms with Gasteiger partial charge in [0.05, 0.1) is 25.3 Å². The molecule has 26 heavy (non-hydrogen) atoms. The summed E-state index contributed by atoms with van der Waals surface area (Å²) in [5.41, 5.74) is 1.51. The number of amides is 1. The second-order valence-corrected chi connectivity index (χ2v) is 7.35. The van der Waals surface area contributed by atoms with Crippen LogP contribution in [0.2, 0.25) is 0 Å². The van der Waals surface area contributed by atoms with Crippen LogP contribution in [0.25, 0.3) is 0 Å². The maximum Gasteiger partial charge on any atom is 0.337 e. The van der Waals surface area contributed by atoms with Gasteiger partial charge in [0.15, 0.2) is 0 Å². The first kappa shape index (κ1) is 18.9. The molecule has 1 heterocycles. The standard InChI is InChI=1S/C20H28N2O4/c1-26-20(25)16-9-7-15(8-10-16)11-21-12-18(23)13-22(19(24)14-21)17-5-3-2-4-6-17/h7-10,17-18,23H,2-6,11-14H2,1H3. The average molecular weight is 360 g/mol. The molecule has 6 heteroatoms. The minimum atomic E-state index is -0.530. The summed E-state index contributed by atoms with van der Waals surface area (Å²) in [6.45, 7) is 1.81. The third-order valence-electron chi connectivity index (χ3n) is 5.35. The van der Waals surface area contributed by atoms with Crippen molar-refractivity contribution in [3.8, 4) is 0 Å². The molecule has 0 bridgehead atoms. The Kier molecular flexibility index (Phi) is 6.27. The van der Waals surface area contributed by atoms with E-state index in [1.165, 1.54) is 26.4 Å². The van der Waals surface area contributed by atoms with E-state index >= 15 is 0 Å². The number of rotatable bonds is 4. The van der Waals surface area contributed by atoms with Crippen LogP contribution in [0, 0.1) is 0 Å². The molecular formula is C20H28N2O4. The van der Waals surface area contributed by atoms with E-state index in [4.69, 9.17) is 4.74 Å². The fraction of sp³-hybridized carbons (Fsp3) is 0.600. The molecule has 1 aromatic rings. The first-order valence-corrected chi connectivity index (χ1v) is 9.44. The highest BCUT2D eigenvalue weighted by molar-refractivity contribution is 5.89. The van der Waals surface area contributed by atoms with E-state index < -0.39 is 6.10 Å². The number of hydrogen-bond acceptors (Lipinski definition) is 5. The Morgan fingerprint density at radius 3 is 2.50 bits per heavy atom. The summed E-state index contributed by atoms with van der Waals surface area (Å²) in [7, 11) is 1.36. The van der Waals surface area contributed by atoms with E-state index in [0.717, 1.165) is 18.4 Å². The third-order valence-corrected chi connectivity index (χ3v) is 5.35. The average Bonchev–Trinajstić information content (AvgIpc) is 2.80. The Bertz CT molecular complexity index is 625. The minimum Gasteiger partial charge on any atom is -0.465 e. The Hall–Kier alpha value is -1.92. The van der Waals surface area contributed by atoms with Crippen molar-refractivity contribution >= 4 is 11.9 Å². The maximum atomic E-state index is 12.8. The van der Waals surface area contributed by atoms with Gasteiger partial charge < -0.3 is 14.7 Å². The number of ether oxygens (including phenoxy) is 1. The molecule has 6 nitrogen and oxygen atoms in total. The lowest BCUT2D eigenvalue weighted by atomic mass is 9.94. The largest absolute Gasteiger partial charge is 0.465 e. The minimum absolute atomic E-state index is 0.111. The van der Waals surface area contributed by atoms with Crippen molar-refractivity contribution in [2.24, 2.45) is 0 Å². The number of esters is 1. The van der Waals surface area contributed by atoms with Gasteiger partial charge in [-0.25, -0.2) is 4.79 Å². The first-order chi connectivity index (χ1) is 12.6. The lowest BCUT2D eigenvalue weighted by Crippen LogP contribution is -2.45. The number of aliphatic hydroxyl groups excluding tert-OH is 1. The predicted molar refractivity (Wildman–Crippen MR) is 97.7 cm³/mol. The first-order valence-electron chi connectivity index (χ1n) is 9.44. The molecule has 0 aromatic heterocycles. The van der Waals surface area contributed by atoms with Crippen molar-refractivity contribution in [3.63, 3.8) is 0 Å². The molecule has 1 saturated heterocycles. The van der Waals surface area contributed by atoms with Crippen LogP contribution in [-0.2, 0) is 16.1 Å². The van der Waals surface area contributed by atoms with Gasteiger partial charge in [-0.05, 0) is 30.5 Å². The summed E-state index contributed by atoms with van der Waals surface area (Å²) >= 11 is 0. The van der Waals surface area contributed by atoms with Gasteiger partial charge in [0.2, 0.25) is 5.91 Å². The summed E-state index contributed by atoms with van der Waals surface area (Å²) < 4.78 is 4.71. The molecule has 2 aliphatic rings. The molecule has 2 fully saturated rings. The van der Waals surface area contributed by atoms with Crippen LogP contribution in [0.3, 0.4) is 0 Å². The molecule has 1 N–H and O–H groups in total. The van der Waals surface area contributed by atoms with Crippen molar-refractivity contribution in [3.05, 3.63) is 35.4 Å². The molecule has 1 atom stereocenters. The molecule has 1 aromatic carbocycles. The molecule has 0 spiro atoms. The van der Waals surface area contributed by atoms with E-state index in [2.05, 4.69) is 0 Å². The van der Waals surface area contributed by atoms with Crippen LogP contribution < -0.4 is 0 Å². The van der Waals surface area contributed by atoms with Gasteiger partial charge in [-0.1, -0.05) is 31.4 Å². The molecule has 142 valence electrons. The highest BCUT2D eigenvalue weighted by Gasteiger charge is 2.32. The monoisotopic (exact) mass is 360 g/mol. The molecule has 1 amide bonds. The zero-order valence-electron chi connectivity index (χ0n) is 15.4. The van der Waals surface area contributed by atoms with E-state index in [1.807, 2.05) is 21.9 Å². The second-order valence-electron chi connectivity index (χ2n) is 7.35. The summed E-state index contributed by atoms with van der Waals surface area (Å²) in [5, 5.41) is 10.4. The molecular weight excluding hydrogens is 332 g/mol.